The molecule has 6 heteroatoms. The lowest BCUT2D eigenvalue weighted by atomic mass is 10.3. The Morgan fingerprint density at radius 3 is 3.14 bits per heavy atom. The quantitative estimate of drug-likeness (QED) is 0.833. The maximum atomic E-state index is 5.43. The van der Waals surface area contributed by atoms with E-state index in [4.69, 9.17) is 15.0 Å². The van der Waals surface area contributed by atoms with Crippen LogP contribution in [-0.4, -0.2) is 17.3 Å². The third-order valence-electron chi connectivity index (χ3n) is 1.60. The zero-order valence-corrected chi connectivity index (χ0v) is 8.37. The van der Waals surface area contributed by atoms with Gasteiger partial charge in [0.15, 0.2) is 11.6 Å². The van der Waals surface area contributed by atoms with E-state index in [1.54, 1.807) is 13.2 Å². The molecule has 2 N–H and O–H groups in total. The Morgan fingerprint density at radius 1 is 1.64 bits per heavy atom. The van der Waals surface area contributed by atoms with E-state index in [1.807, 2.05) is 5.38 Å². The molecule has 0 unspecified atom stereocenters. The Kier molecular flexibility index (Phi) is 2.47. The number of ether oxygens (including phenoxy) is 1. The molecule has 5 nitrogen and oxygen atoms in total. The van der Waals surface area contributed by atoms with Gasteiger partial charge in [-0.3, -0.25) is 0 Å². The van der Waals surface area contributed by atoms with E-state index in [-0.39, 0.29) is 0 Å². The minimum absolute atomic E-state index is 0.362. The number of hydrogen-bond donors (Lipinski definition) is 1. The third-order valence-corrected chi connectivity index (χ3v) is 2.42. The molecule has 0 aliphatic carbocycles. The summed E-state index contributed by atoms with van der Waals surface area (Å²) in [7, 11) is 1.63. The van der Waals surface area contributed by atoms with Crippen molar-refractivity contribution >= 4 is 17.2 Å². The van der Waals surface area contributed by atoms with Gasteiger partial charge in [-0.1, -0.05) is 5.16 Å². The molecule has 74 valence electrons. The Balaban J connectivity index is 2.24. The van der Waals surface area contributed by atoms with Crippen molar-refractivity contribution in [3.63, 3.8) is 0 Å². The lowest BCUT2D eigenvalue weighted by molar-refractivity contribution is 0.184. The van der Waals surface area contributed by atoms with Crippen LogP contribution in [0.25, 0.3) is 11.5 Å². The number of rotatable bonds is 3. The highest BCUT2D eigenvalue weighted by molar-refractivity contribution is 7.09. The second-order valence-corrected chi connectivity index (χ2v) is 3.62. The summed E-state index contributed by atoms with van der Waals surface area (Å²) in [5.74, 6) is 0.947. The van der Waals surface area contributed by atoms with Gasteiger partial charge in [0, 0.05) is 18.6 Å². The van der Waals surface area contributed by atoms with Gasteiger partial charge in [0.05, 0.1) is 6.61 Å². The Bertz CT molecular complexity index is 424. The van der Waals surface area contributed by atoms with Gasteiger partial charge < -0.3 is 15.0 Å². The summed E-state index contributed by atoms with van der Waals surface area (Å²) in [5.41, 5.74) is 6.17. The van der Waals surface area contributed by atoms with Crippen molar-refractivity contribution in [3.8, 4) is 11.5 Å². The van der Waals surface area contributed by atoms with Crippen molar-refractivity contribution in [2.24, 2.45) is 0 Å². The van der Waals surface area contributed by atoms with Crippen molar-refractivity contribution in [2.45, 2.75) is 6.61 Å². The smallest absolute Gasteiger partial charge is 0.188 e. The van der Waals surface area contributed by atoms with Crippen molar-refractivity contribution in [1.29, 1.82) is 0 Å². The number of nitrogens with zero attached hydrogens (tertiary/aromatic N) is 2. The molecule has 0 radical (unpaired) electrons. The first-order valence-corrected chi connectivity index (χ1v) is 4.83. The molecule has 2 aromatic rings. The molecule has 14 heavy (non-hydrogen) atoms. The van der Waals surface area contributed by atoms with Gasteiger partial charge in [-0.15, -0.1) is 11.3 Å². The number of nitrogens with two attached hydrogens (primary N) is 1. The second-order valence-electron chi connectivity index (χ2n) is 2.68. The zero-order valence-electron chi connectivity index (χ0n) is 7.56. The van der Waals surface area contributed by atoms with Crippen molar-refractivity contribution in [3.05, 3.63) is 16.5 Å². The topological polar surface area (TPSA) is 74.2 Å². The van der Waals surface area contributed by atoms with Gasteiger partial charge in [-0.2, -0.15) is 0 Å². The van der Waals surface area contributed by atoms with Crippen LogP contribution in [0.3, 0.4) is 0 Å². The molecule has 0 saturated heterocycles. The summed E-state index contributed by atoms with van der Waals surface area (Å²) in [6.45, 7) is 0.508. The van der Waals surface area contributed by atoms with Crippen molar-refractivity contribution < 1.29 is 9.26 Å². The summed E-state index contributed by atoms with van der Waals surface area (Å²) < 4.78 is 9.93. The molecule has 0 spiro atoms. The Hall–Kier alpha value is -1.40. The molecule has 0 fully saturated rings. The highest BCUT2D eigenvalue weighted by Gasteiger charge is 2.08. The van der Waals surface area contributed by atoms with Crippen LogP contribution in [0.4, 0.5) is 5.82 Å². The van der Waals surface area contributed by atoms with Crippen molar-refractivity contribution in [1.82, 2.24) is 10.1 Å². The SMILES string of the molecule is COCc1nc(-c2cc(N)no2)cs1. The highest BCUT2D eigenvalue weighted by Crippen LogP contribution is 2.23. The van der Waals surface area contributed by atoms with Crippen molar-refractivity contribution in [2.75, 3.05) is 12.8 Å². The van der Waals surface area contributed by atoms with Gasteiger partial charge >= 0.3 is 0 Å². The molecule has 0 atom stereocenters. The first kappa shape index (κ1) is 9.17. The van der Waals surface area contributed by atoms with E-state index in [0.717, 1.165) is 10.7 Å². The third kappa shape index (κ3) is 1.75. The van der Waals surface area contributed by atoms with Gasteiger partial charge in [0.25, 0.3) is 0 Å². The normalized spacial score (nSPS) is 10.6. The van der Waals surface area contributed by atoms with Crippen LogP contribution in [0.1, 0.15) is 5.01 Å². The number of thiazole rings is 1. The fourth-order valence-electron chi connectivity index (χ4n) is 1.02. The number of aromatic nitrogens is 2. The maximum Gasteiger partial charge on any atom is 0.188 e. The molecule has 2 heterocycles. The van der Waals surface area contributed by atoms with Gasteiger partial charge in [-0.25, -0.2) is 4.98 Å². The fourth-order valence-corrected chi connectivity index (χ4v) is 1.78. The van der Waals surface area contributed by atoms with Gasteiger partial charge in [0.1, 0.15) is 10.7 Å². The summed E-state index contributed by atoms with van der Waals surface area (Å²) >= 11 is 1.51. The van der Waals surface area contributed by atoms with Crippen LogP contribution in [0.2, 0.25) is 0 Å². The molecule has 0 aliphatic heterocycles. The fraction of sp³-hybridized carbons (Fsp3) is 0.250. The first-order valence-electron chi connectivity index (χ1n) is 3.95. The van der Waals surface area contributed by atoms with Crippen LogP contribution >= 0.6 is 11.3 Å². The number of methoxy groups -OCH3 is 1. The molecular weight excluding hydrogens is 202 g/mol. The summed E-state index contributed by atoms with van der Waals surface area (Å²) in [6.07, 6.45) is 0. The number of hydrogen-bond acceptors (Lipinski definition) is 6. The van der Waals surface area contributed by atoms with Crippen LogP contribution in [0, 0.1) is 0 Å². The Labute approximate surface area is 84.5 Å². The Morgan fingerprint density at radius 2 is 2.50 bits per heavy atom. The monoisotopic (exact) mass is 211 g/mol. The predicted octanol–water partition coefficient (Wildman–Crippen LogP) is 1.53. The average Bonchev–Trinajstić information content (AvgIpc) is 2.74. The van der Waals surface area contributed by atoms with E-state index in [9.17, 15) is 0 Å². The molecule has 0 aliphatic rings. The second kappa shape index (κ2) is 3.77. The van der Waals surface area contributed by atoms with Crippen LogP contribution in [0.5, 0.6) is 0 Å². The van der Waals surface area contributed by atoms with E-state index in [1.165, 1.54) is 11.3 Å². The standard InChI is InChI=1S/C8H9N3O2S/c1-12-3-8-10-5(4-14-8)6-2-7(9)11-13-6/h2,4H,3H2,1H3,(H2,9,11). The molecule has 2 aromatic heterocycles. The zero-order chi connectivity index (χ0) is 9.97. The van der Waals surface area contributed by atoms with E-state index in [0.29, 0.717) is 18.2 Å². The van der Waals surface area contributed by atoms with E-state index in [2.05, 4.69) is 10.1 Å². The number of nitrogen functional groups attached to an aromatic ring is 1. The molecule has 0 amide bonds. The van der Waals surface area contributed by atoms with E-state index >= 15 is 0 Å². The van der Waals surface area contributed by atoms with Gasteiger partial charge in [-0.05, 0) is 0 Å². The lowest BCUT2D eigenvalue weighted by Gasteiger charge is -1.89. The predicted molar refractivity (Wildman–Crippen MR) is 52.7 cm³/mol. The summed E-state index contributed by atoms with van der Waals surface area (Å²) in [4.78, 5) is 4.29. The molecule has 0 saturated carbocycles. The highest BCUT2D eigenvalue weighted by atomic mass is 32.1. The van der Waals surface area contributed by atoms with E-state index < -0.39 is 0 Å². The minimum atomic E-state index is 0.362. The summed E-state index contributed by atoms with van der Waals surface area (Å²) in [6, 6.07) is 1.64. The van der Waals surface area contributed by atoms with Crippen LogP contribution < -0.4 is 5.73 Å². The molecule has 0 aromatic carbocycles. The average molecular weight is 211 g/mol. The first-order chi connectivity index (χ1) is 6.79. The largest absolute Gasteiger partial charge is 0.381 e. The van der Waals surface area contributed by atoms with Crippen LogP contribution in [-0.2, 0) is 11.3 Å². The maximum absolute atomic E-state index is 5.43. The summed E-state index contributed by atoms with van der Waals surface area (Å²) in [5, 5.41) is 6.37. The van der Waals surface area contributed by atoms with Gasteiger partial charge in [0.2, 0.25) is 0 Å². The van der Waals surface area contributed by atoms with Crippen LogP contribution in [0.15, 0.2) is 16.0 Å². The lowest BCUT2D eigenvalue weighted by Crippen LogP contribution is -1.85. The molecule has 0 bridgehead atoms. The molecule has 2 rings (SSSR count). The molecular formula is C8H9N3O2S. The minimum Gasteiger partial charge on any atom is -0.381 e. The number of anilines is 1.